The smallest absolute Gasteiger partial charge is 0.252 e. The Kier molecular flexibility index (Phi) is 12.1. The fourth-order valence-electron chi connectivity index (χ4n) is 4.97. The molecule has 1 saturated carbocycles. The molecule has 8 heteroatoms. The molecule has 1 aliphatic heterocycles. The van der Waals surface area contributed by atoms with Crippen molar-refractivity contribution < 1.29 is 9.59 Å². The van der Waals surface area contributed by atoms with Gasteiger partial charge in [-0.25, -0.2) is 0 Å². The van der Waals surface area contributed by atoms with Crippen LogP contribution in [0.4, 0.5) is 0 Å². The van der Waals surface area contributed by atoms with Crippen molar-refractivity contribution in [2.24, 2.45) is 10.4 Å². The zero-order chi connectivity index (χ0) is 28.3. The summed E-state index contributed by atoms with van der Waals surface area (Å²) in [6.45, 7) is 16.0. The van der Waals surface area contributed by atoms with Crippen molar-refractivity contribution in [3.8, 4) is 6.19 Å². The van der Waals surface area contributed by atoms with Crippen molar-refractivity contribution in [1.29, 1.82) is 5.26 Å². The van der Waals surface area contributed by atoms with Gasteiger partial charge in [0.25, 0.3) is 5.91 Å². The van der Waals surface area contributed by atoms with Crippen LogP contribution in [0.15, 0.2) is 64.5 Å². The SMILES string of the molecule is C=C/C(=C\C=C(/Cl)N(C(=O)C1CCCN1C#N)C(C(=O)NC1CCCCC1)C(/C=C\C)=C/N=C)C(C)(C)C. The fourth-order valence-corrected chi connectivity index (χ4v) is 5.21. The van der Waals surface area contributed by atoms with Crippen LogP contribution in [-0.2, 0) is 9.59 Å². The standard InChI is InChI=1S/C30H42ClN5O2/c1-7-13-22(20-33-6)27(28(37)34-24-14-10-9-11-15-24)36(29(38)25-16-12-19-35(25)21-32)26(31)18-17-23(8-2)30(3,4)5/h7-8,13,17-18,20,24-25,27H,2,6,9-12,14-16,19H2,1,3-5H3,(H,34,37)/b13-7-,22-20+,23-17+,26-18+. The normalized spacial score (nSPS) is 20.7. The summed E-state index contributed by atoms with van der Waals surface area (Å²) in [5, 5.41) is 12.9. The van der Waals surface area contributed by atoms with E-state index in [0.29, 0.717) is 25.0 Å². The third kappa shape index (κ3) is 8.19. The van der Waals surface area contributed by atoms with Gasteiger partial charge in [0, 0.05) is 24.4 Å². The van der Waals surface area contributed by atoms with Gasteiger partial charge in [-0.1, -0.05) is 82.5 Å². The molecule has 0 aromatic rings. The average Bonchev–Trinajstić information content (AvgIpc) is 3.36. The van der Waals surface area contributed by atoms with Crippen molar-refractivity contribution in [3.63, 3.8) is 0 Å². The van der Waals surface area contributed by atoms with Crippen molar-refractivity contribution in [1.82, 2.24) is 15.1 Å². The van der Waals surface area contributed by atoms with Gasteiger partial charge in [0.05, 0.1) is 0 Å². The van der Waals surface area contributed by atoms with E-state index in [9.17, 15) is 14.9 Å². The van der Waals surface area contributed by atoms with E-state index in [1.165, 1.54) is 16.0 Å². The van der Waals surface area contributed by atoms with Gasteiger partial charge in [0.2, 0.25) is 5.91 Å². The topological polar surface area (TPSA) is 88.8 Å². The minimum atomic E-state index is -1.09. The van der Waals surface area contributed by atoms with Crippen LogP contribution in [0.2, 0.25) is 0 Å². The lowest BCUT2D eigenvalue weighted by Crippen LogP contribution is -2.55. The van der Waals surface area contributed by atoms with Gasteiger partial charge in [0.15, 0.2) is 6.19 Å². The fraction of sp³-hybridized carbons (Fsp3) is 0.533. The number of halogens is 1. The molecule has 1 heterocycles. The Morgan fingerprint density at radius 3 is 2.42 bits per heavy atom. The summed E-state index contributed by atoms with van der Waals surface area (Å²) in [5.74, 6) is -0.743. The van der Waals surface area contributed by atoms with Crippen LogP contribution in [0.25, 0.3) is 0 Å². The largest absolute Gasteiger partial charge is 0.351 e. The van der Waals surface area contributed by atoms with E-state index in [1.807, 2.05) is 13.0 Å². The monoisotopic (exact) mass is 539 g/mol. The highest BCUT2D eigenvalue weighted by Crippen LogP contribution is 2.30. The molecular weight excluding hydrogens is 498 g/mol. The maximum Gasteiger partial charge on any atom is 0.252 e. The van der Waals surface area contributed by atoms with Gasteiger partial charge in [-0.2, -0.15) is 5.26 Å². The maximum absolute atomic E-state index is 14.1. The zero-order valence-electron chi connectivity index (χ0n) is 23.3. The molecule has 1 N–H and O–H groups in total. The lowest BCUT2D eigenvalue weighted by Gasteiger charge is -2.35. The third-order valence-corrected chi connectivity index (χ3v) is 7.30. The summed E-state index contributed by atoms with van der Waals surface area (Å²) in [7, 11) is 0. The molecule has 2 unspecified atom stereocenters. The highest BCUT2D eigenvalue weighted by Gasteiger charge is 2.41. The first-order valence-electron chi connectivity index (χ1n) is 13.4. The van der Waals surface area contributed by atoms with E-state index in [2.05, 4.69) is 50.6 Å². The van der Waals surface area contributed by atoms with Crippen LogP contribution in [0.5, 0.6) is 0 Å². The number of likely N-dealkylation sites (tertiary alicyclic amines) is 1. The average molecular weight is 540 g/mol. The molecule has 2 amide bonds. The van der Waals surface area contributed by atoms with Gasteiger partial charge < -0.3 is 5.32 Å². The predicted octanol–water partition coefficient (Wildman–Crippen LogP) is 5.98. The highest BCUT2D eigenvalue weighted by atomic mass is 35.5. The summed E-state index contributed by atoms with van der Waals surface area (Å²) in [5.41, 5.74) is 1.19. The number of nitrogens with one attached hydrogen (secondary N) is 1. The van der Waals surface area contributed by atoms with E-state index in [1.54, 1.807) is 24.3 Å². The molecule has 0 radical (unpaired) electrons. The van der Waals surface area contributed by atoms with E-state index >= 15 is 0 Å². The van der Waals surface area contributed by atoms with Gasteiger partial charge in [-0.05, 0) is 56.4 Å². The molecule has 2 aliphatic rings. The molecule has 7 nitrogen and oxygen atoms in total. The van der Waals surface area contributed by atoms with Crippen LogP contribution in [0.3, 0.4) is 0 Å². The first-order valence-corrected chi connectivity index (χ1v) is 13.8. The zero-order valence-corrected chi connectivity index (χ0v) is 24.0. The Labute approximate surface area is 233 Å². The second kappa shape index (κ2) is 14.7. The molecule has 0 bridgehead atoms. The quantitative estimate of drug-likeness (QED) is 0.160. The van der Waals surface area contributed by atoms with Crippen molar-refractivity contribution in [2.45, 2.75) is 90.8 Å². The molecule has 0 aromatic carbocycles. The molecule has 0 spiro atoms. The van der Waals surface area contributed by atoms with Gasteiger partial charge >= 0.3 is 0 Å². The summed E-state index contributed by atoms with van der Waals surface area (Å²) >= 11 is 6.90. The lowest BCUT2D eigenvalue weighted by molar-refractivity contribution is -0.139. The summed E-state index contributed by atoms with van der Waals surface area (Å²) in [6.07, 6.45) is 18.5. The third-order valence-electron chi connectivity index (χ3n) is 6.99. The second-order valence-corrected chi connectivity index (χ2v) is 11.2. The van der Waals surface area contributed by atoms with Crippen LogP contribution < -0.4 is 5.32 Å². The first kappa shape index (κ1) is 31.1. The highest BCUT2D eigenvalue weighted by molar-refractivity contribution is 6.30. The number of hydrogen-bond acceptors (Lipinski definition) is 5. The van der Waals surface area contributed by atoms with Crippen LogP contribution in [-0.4, -0.2) is 53.0 Å². The number of amides is 2. The Morgan fingerprint density at radius 2 is 1.87 bits per heavy atom. The summed E-state index contributed by atoms with van der Waals surface area (Å²) < 4.78 is 0. The Bertz CT molecular complexity index is 1040. The number of nitrogens with zero attached hydrogens (tertiary/aromatic N) is 4. The molecular formula is C30H42ClN5O2. The summed E-state index contributed by atoms with van der Waals surface area (Å²) in [4.78, 5) is 34.7. The van der Waals surface area contributed by atoms with E-state index < -0.39 is 18.0 Å². The number of allylic oxidation sites excluding steroid dienone is 5. The number of aliphatic imine (C=N–C) groups is 1. The summed E-state index contributed by atoms with van der Waals surface area (Å²) in [6, 6.07) is -1.77. The van der Waals surface area contributed by atoms with Crippen LogP contribution in [0.1, 0.15) is 72.6 Å². The number of rotatable bonds is 10. The molecule has 0 aromatic heterocycles. The Balaban J connectivity index is 2.68. The Hall–Kier alpha value is -3.11. The molecule has 1 saturated heterocycles. The lowest BCUT2D eigenvalue weighted by atomic mass is 9.86. The molecule has 2 rings (SSSR count). The molecule has 38 heavy (non-hydrogen) atoms. The number of hydrogen-bond donors (Lipinski definition) is 1. The van der Waals surface area contributed by atoms with Gasteiger partial charge in [0.1, 0.15) is 17.2 Å². The van der Waals surface area contributed by atoms with E-state index in [-0.39, 0.29) is 22.5 Å². The maximum atomic E-state index is 14.1. The number of nitriles is 1. The minimum absolute atomic E-state index is 0.0252. The second-order valence-electron chi connectivity index (χ2n) is 10.8. The van der Waals surface area contributed by atoms with Gasteiger partial charge in [-0.15, -0.1) is 0 Å². The molecule has 2 atom stereocenters. The van der Waals surface area contributed by atoms with Crippen LogP contribution in [0, 0.1) is 16.9 Å². The Morgan fingerprint density at radius 1 is 1.18 bits per heavy atom. The van der Waals surface area contributed by atoms with E-state index in [4.69, 9.17) is 11.6 Å². The molecule has 2 fully saturated rings. The van der Waals surface area contributed by atoms with Crippen LogP contribution >= 0.6 is 11.6 Å². The van der Waals surface area contributed by atoms with Crippen molar-refractivity contribution >= 4 is 30.1 Å². The predicted molar refractivity (Wildman–Crippen MR) is 155 cm³/mol. The van der Waals surface area contributed by atoms with Crippen molar-refractivity contribution in [2.75, 3.05) is 6.54 Å². The molecule has 1 aliphatic carbocycles. The number of carbonyl (C=O) groups is 2. The number of carbonyl (C=O) groups excluding carboxylic acids is 2. The molecule has 206 valence electrons. The first-order chi connectivity index (χ1) is 18.1. The van der Waals surface area contributed by atoms with Gasteiger partial charge in [-0.3, -0.25) is 24.4 Å². The van der Waals surface area contributed by atoms with Crippen molar-refractivity contribution in [3.05, 3.63) is 59.5 Å². The van der Waals surface area contributed by atoms with E-state index in [0.717, 1.165) is 37.7 Å². The minimum Gasteiger partial charge on any atom is -0.351 e.